The van der Waals surface area contributed by atoms with Crippen molar-refractivity contribution in [2.24, 2.45) is 0 Å². The molecule has 2 atom stereocenters. The molecule has 3 N–H and O–H groups in total. The van der Waals surface area contributed by atoms with E-state index in [-0.39, 0.29) is 18.5 Å². The molecule has 0 aliphatic carbocycles. The fourth-order valence-corrected chi connectivity index (χ4v) is 11.4. The van der Waals surface area contributed by atoms with E-state index >= 15 is 0 Å². The second-order valence-electron chi connectivity index (χ2n) is 24.6. The van der Waals surface area contributed by atoms with Gasteiger partial charge < -0.3 is 20.3 Å². The van der Waals surface area contributed by atoms with Crippen LogP contribution in [0.4, 0.5) is 0 Å². The molecule has 0 fully saturated rings. The molecule has 0 saturated heterocycles. The highest BCUT2D eigenvalue weighted by molar-refractivity contribution is 5.76. The number of aliphatic hydroxyl groups excluding tert-OH is 2. The molecule has 0 aromatic carbocycles. The summed E-state index contributed by atoms with van der Waals surface area (Å²) >= 11 is 0. The van der Waals surface area contributed by atoms with Gasteiger partial charge in [-0.1, -0.05) is 353 Å². The number of unbranched alkanes of at least 4 members (excludes halogenated alkanes) is 54. The normalized spacial score (nSPS) is 12.5. The number of carbonyl (C=O) groups excluding carboxylic acids is 2. The van der Waals surface area contributed by atoms with Gasteiger partial charge in [0.15, 0.2) is 0 Å². The summed E-state index contributed by atoms with van der Waals surface area (Å²) in [5.41, 5.74) is 0. The molecule has 458 valence electrons. The van der Waals surface area contributed by atoms with Gasteiger partial charge in [-0.2, -0.15) is 0 Å². The Hall–Kier alpha value is -1.40. The number of carbonyl (C=O) groups is 2. The molecule has 0 aromatic rings. The summed E-state index contributed by atoms with van der Waals surface area (Å²) < 4.78 is 5.49. The lowest BCUT2D eigenvalue weighted by Gasteiger charge is -2.22. The van der Waals surface area contributed by atoms with Crippen molar-refractivity contribution < 1.29 is 24.5 Å². The standard InChI is InChI=1S/C71H139NO5/c1-3-5-7-9-11-13-15-17-19-20-33-36-39-43-47-51-55-59-63-69(74)68(67-73)72-70(75)64-60-56-52-48-44-40-37-34-31-29-27-25-23-21-22-24-26-28-30-32-35-38-42-46-50-54-58-62-66-77-71(76)65-61-57-53-49-45-41-18-16-14-12-10-8-6-4-2/h16,18,68-69,73-74H,3-15,17,19-67H2,1-2H3,(H,72,75)/b18-16-. The Balaban J connectivity index is 3.34. The van der Waals surface area contributed by atoms with Crippen molar-refractivity contribution in [1.29, 1.82) is 0 Å². The fraction of sp³-hybridized carbons (Fsp3) is 0.944. The molecule has 6 heteroatoms. The molecule has 0 heterocycles. The van der Waals surface area contributed by atoms with Gasteiger partial charge in [-0.15, -0.1) is 0 Å². The third kappa shape index (κ3) is 63.6. The van der Waals surface area contributed by atoms with Gasteiger partial charge in [-0.25, -0.2) is 0 Å². The summed E-state index contributed by atoms with van der Waals surface area (Å²) in [5, 5.41) is 23.4. The smallest absolute Gasteiger partial charge is 0.305 e. The summed E-state index contributed by atoms with van der Waals surface area (Å²) in [5.74, 6) is -0.0163. The van der Waals surface area contributed by atoms with Crippen LogP contribution in [0.5, 0.6) is 0 Å². The van der Waals surface area contributed by atoms with Crippen LogP contribution in [0.15, 0.2) is 12.2 Å². The number of amides is 1. The van der Waals surface area contributed by atoms with Crippen molar-refractivity contribution in [3.05, 3.63) is 12.2 Å². The Morgan fingerprint density at radius 2 is 0.610 bits per heavy atom. The largest absolute Gasteiger partial charge is 0.466 e. The van der Waals surface area contributed by atoms with Crippen molar-refractivity contribution in [3.63, 3.8) is 0 Å². The number of ether oxygens (including phenoxy) is 1. The van der Waals surface area contributed by atoms with E-state index < -0.39 is 12.1 Å². The van der Waals surface area contributed by atoms with Crippen LogP contribution in [0.1, 0.15) is 406 Å². The molecular weight excluding hydrogens is 947 g/mol. The van der Waals surface area contributed by atoms with Crippen molar-refractivity contribution in [1.82, 2.24) is 5.32 Å². The highest BCUT2D eigenvalue weighted by Crippen LogP contribution is 2.19. The van der Waals surface area contributed by atoms with Gasteiger partial charge in [0.25, 0.3) is 0 Å². The third-order valence-corrected chi connectivity index (χ3v) is 16.8. The zero-order chi connectivity index (χ0) is 55.7. The summed E-state index contributed by atoms with van der Waals surface area (Å²) in [6, 6.07) is -0.539. The van der Waals surface area contributed by atoms with Gasteiger partial charge >= 0.3 is 5.97 Å². The van der Waals surface area contributed by atoms with Gasteiger partial charge in [-0.3, -0.25) is 9.59 Å². The highest BCUT2D eigenvalue weighted by Gasteiger charge is 2.20. The topological polar surface area (TPSA) is 95.9 Å². The monoisotopic (exact) mass is 1090 g/mol. The van der Waals surface area contributed by atoms with Gasteiger partial charge in [0.2, 0.25) is 5.91 Å². The first kappa shape index (κ1) is 75.6. The molecule has 0 radical (unpaired) electrons. The van der Waals surface area contributed by atoms with Crippen LogP contribution in [-0.4, -0.2) is 47.4 Å². The zero-order valence-electron chi connectivity index (χ0n) is 52.5. The van der Waals surface area contributed by atoms with Crippen LogP contribution < -0.4 is 5.32 Å². The lowest BCUT2D eigenvalue weighted by Crippen LogP contribution is -2.45. The van der Waals surface area contributed by atoms with Gasteiger partial charge in [0, 0.05) is 12.8 Å². The maximum absolute atomic E-state index is 12.5. The molecule has 0 spiro atoms. The van der Waals surface area contributed by atoms with Gasteiger partial charge in [0.1, 0.15) is 0 Å². The summed E-state index contributed by atoms with van der Waals surface area (Å²) in [6.07, 6.45) is 82.6. The van der Waals surface area contributed by atoms with Gasteiger partial charge in [0.05, 0.1) is 25.4 Å². The summed E-state index contributed by atoms with van der Waals surface area (Å²) in [4.78, 5) is 24.6. The Kier molecular flexibility index (Phi) is 65.9. The highest BCUT2D eigenvalue weighted by atomic mass is 16.5. The molecule has 0 saturated carbocycles. The number of nitrogens with one attached hydrogen (secondary N) is 1. The minimum Gasteiger partial charge on any atom is -0.466 e. The minimum atomic E-state index is -0.662. The van der Waals surface area contributed by atoms with E-state index in [4.69, 9.17) is 4.74 Å². The number of hydrogen-bond acceptors (Lipinski definition) is 5. The van der Waals surface area contributed by atoms with Crippen LogP contribution in [0, 0.1) is 0 Å². The molecule has 2 unspecified atom stereocenters. The Morgan fingerprint density at radius 3 is 0.922 bits per heavy atom. The molecule has 77 heavy (non-hydrogen) atoms. The number of aliphatic hydroxyl groups is 2. The van der Waals surface area contributed by atoms with E-state index in [2.05, 4.69) is 31.3 Å². The van der Waals surface area contributed by atoms with E-state index in [1.165, 1.54) is 327 Å². The fourth-order valence-electron chi connectivity index (χ4n) is 11.4. The van der Waals surface area contributed by atoms with E-state index in [0.717, 1.165) is 44.9 Å². The average molecular weight is 1090 g/mol. The van der Waals surface area contributed by atoms with E-state index in [1.54, 1.807) is 0 Å². The molecular formula is C71H139NO5. The molecule has 0 aliphatic rings. The lowest BCUT2D eigenvalue weighted by atomic mass is 10.0. The quantitative estimate of drug-likeness (QED) is 0.0320. The first-order valence-electron chi connectivity index (χ1n) is 35.4. The summed E-state index contributed by atoms with van der Waals surface area (Å²) in [7, 11) is 0. The molecule has 0 bridgehead atoms. The predicted octanol–water partition coefficient (Wildman–Crippen LogP) is 22.8. The molecule has 0 aromatic heterocycles. The van der Waals surface area contributed by atoms with Crippen LogP contribution in [0.25, 0.3) is 0 Å². The molecule has 6 nitrogen and oxygen atoms in total. The number of allylic oxidation sites excluding steroid dienone is 2. The van der Waals surface area contributed by atoms with E-state index in [0.29, 0.717) is 25.9 Å². The Bertz CT molecular complexity index is 1160. The van der Waals surface area contributed by atoms with Crippen LogP contribution in [-0.2, 0) is 14.3 Å². The second kappa shape index (κ2) is 67.1. The van der Waals surface area contributed by atoms with Crippen LogP contribution in [0.2, 0.25) is 0 Å². The third-order valence-electron chi connectivity index (χ3n) is 16.8. The molecule has 0 rings (SSSR count). The zero-order valence-corrected chi connectivity index (χ0v) is 52.5. The van der Waals surface area contributed by atoms with E-state index in [1.807, 2.05) is 0 Å². The first-order chi connectivity index (χ1) is 38.0. The van der Waals surface area contributed by atoms with Crippen molar-refractivity contribution in [2.45, 2.75) is 418 Å². The summed E-state index contributed by atoms with van der Waals surface area (Å²) in [6.45, 7) is 4.98. The first-order valence-corrected chi connectivity index (χ1v) is 35.4. The molecule has 1 amide bonds. The number of hydrogen-bond donors (Lipinski definition) is 3. The SMILES string of the molecule is CCCCCCC/C=C\CCCCCCCC(=O)OCCCCCCCCCCCCCCCCCCCCCCCCCCCCCCC(=O)NC(CO)C(O)CCCCCCCCCCCCCCCCCCCC. The maximum Gasteiger partial charge on any atom is 0.305 e. The molecule has 0 aliphatic heterocycles. The van der Waals surface area contributed by atoms with Crippen molar-refractivity contribution >= 4 is 11.9 Å². The average Bonchev–Trinajstić information content (AvgIpc) is 3.43. The second-order valence-corrected chi connectivity index (χ2v) is 24.6. The van der Waals surface area contributed by atoms with Crippen LogP contribution >= 0.6 is 0 Å². The Labute approximate surface area is 482 Å². The maximum atomic E-state index is 12.5. The van der Waals surface area contributed by atoms with Crippen molar-refractivity contribution in [2.75, 3.05) is 13.2 Å². The number of rotatable bonds is 67. The number of esters is 1. The van der Waals surface area contributed by atoms with Crippen molar-refractivity contribution in [3.8, 4) is 0 Å². The van der Waals surface area contributed by atoms with Crippen LogP contribution in [0.3, 0.4) is 0 Å². The minimum absolute atomic E-state index is 0.0112. The Morgan fingerprint density at radius 1 is 0.351 bits per heavy atom. The van der Waals surface area contributed by atoms with Gasteiger partial charge in [-0.05, 0) is 51.4 Å². The van der Waals surface area contributed by atoms with E-state index in [9.17, 15) is 19.8 Å². The lowest BCUT2D eigenvalue weighted by molar-refractivity contribution is -0.143. The predicted molar refractivity (Wildman–Crippen MR) is 338 cm³/mol.